The quantitative estimate of drug-likeness (QED) is 0.773. The highest BCUT2D eigenvalue weighted by atomic mass is 16.3. The smallest absolute Gasteiger partial charge is 0.178 e. The number of Topliss-reactive ketones (excluding diaryl/α,β-unsaturated/α-hetero) is 1. The fraction of sp³-hybridized carbons (Fsp3) is 0.700. The third-order valence-electron chi connectivity index (χ3n) is 7.71. The summed E-state index contributed by atoms with van der Waals surface area (Å²) in [5.41, 5.74) is -1.38. The summed E-state index contributed by atoms with van der Waals surface area (Å²) in [4.78, 5) is 24.4. The molecule has 0 bridgehead atoms. The molecule has 0 aromatic carbocycles. The lowest BCUT2D eigenvalue weighted by Gasteiger charge is -2.59. The number of aliphatic hydroxyl groups is 2. The van der Waals surface area contributed by atoms with Crippen LogP contribution in [0.25, 0.3) is 0 Å². The van der Waals surface area contributed by atoms with Crippen molar-refractivity contribution in [1.29, 1.82) is 0 Å². The van der Waals surface area contributed by atoms with Crippen molar-refractivity contribution in [1.82, 2.24) is 0 Å². The van der Waals surface area contributed by atoms with Gasteiger partial charge in [-0.1, -0.05) is 19.9 Å². The average Bonchev–Trinajstić information content (AvgIpc) is 2.85. The number of aliphatic hydroxyl groups excluding tert-OH is 1. The van der Waals surface area contributed by atoms with Crippen molar-refractivity contribution < 1.29 is 19.8 Å². The van der Waals surface area contributed by atoms with Crippen LogP contribution >= 0.6 is 0 Å². The van der Waals surface area contributed by atoms with E-state index in [1.165, 1.54) is 6.08 Å². The van der Waals surface area contributed by atoms with Crippen molar-refractivity contribution in [2.24, 2.45) is 28.6 Å². The molecule has 0 aromatic heterocycles. The molecule has 4 aliphatic carbocycles. The van der Waals surface area contributed by atoms with E-state index in [9.17, 15) is 19.8 Å². The van der Waals surface area contributed by atoms with Gasteiger partial charge < -0.3 is 10.2 Å². The number of carbonyl (C=O) groups is 2. The molecule has 4 rings (SSSR count). The maximum Gasteiger partial charge on any atom is 0.178 e. The molecule has 3 fully saturated rings. The fourth-order valence-corrected chi connectivity index (χ4v) is 6.39. The fourth-order valence-electron chi connectivity index (χ4n) is 6.39. The maximum atomic E-state index is 12.5. The summed E-state index contributed by atoms with van der Waals surface area (Å²) in [6.07, 6.45) is 8.84. The molecule has 0 spiro atoms. The van der Waals surface area contributed by atoms with Gasteiger partial charge in [0.25, 0.3) is 0 Å². The van der Waals surface area contributed by atoms with Gasteiger partial charge in [-0.2, -0.15) is 0 Å². The first kappa shape index (κ1) is 16.2. The van der Waals surface area contributed by atoms with E-state index in [1.54, 1.807) is 6.08 Å². The second-order valence-corrected chi connectivity index (χ2v) is 8.77. The molecule has 24 heavy (non-hydrogen) atoms. The molecule has 0 radical (unpaired) electrons. The molecule has 0 saturated heterocycles. The monoisotopic (exact) mass is 330 g/mol. The summed E-state index contributed by atoms with van der Waals surface area (Å²) in [7, 11) is 0. The van der Waals surface area contributed by atoms with E-state index in [1.807, 2.05) is 6.08 Å². The topological polar surface area (TPSA) is 74.6 Å². The first-order chi connectivity index (χ1) is 11.2. The number of fused-ring (bicyclic) bond motifs is 5. The van der Waals surface area contributed by atoms with E-state index in [0.717, 1.165) is 19.3 Å². The minimum atomic E-state index is -1.36. The van der Waals surface area contributed by atoms with Crippen LogP contribution in [0.3, 0.4) is 0 Å². The molecule has 2 N–H and O–H groups in total. The molecule has 4 heteroatoms. The van der Waals surface area contributed by atoms with Gasteiger partial charge in [-0.3, -0.25) is 9.59 Å². The summed E-state index contributed by atoms with van der Waals surface area (Å²) in [6.45, 7) is 3.80. The van der Waals surface area contributed by atoms with Crippen LogP contribution in [0.5, 0.6) is 0 Å². The van der Waals surface area contributed by atoms with E-state index >= 15 is 0 Å². The standard InChI is InChI=1S/C20H26O4/c1-18-7-5-12(22)9-16(18)20(24,11-21)10-13-14-3-4-17(23)19(14,2)8-6-15(13)18/h5,7,9,13-15,21,24H,3-4,6,8,10-11H2,1-2H3. The van der Waals surface area contributed by atoms with Crippen molar-refractivity contribution in [3.8, 4) is 0 Å². The van der Waals surface area contributed by atoms with Crippen LogP contribution in [0.1, 0.15) is 46.0 Å². The van der Waals surface area contributed by atoms with Crippen molar-refractivity contribution in [3.63, 3.8) is 0 Å². The lowest BCUT2D eigenvalue weighted by Crippen LogP contribution is -2.58. The molecule has 4 aliphatic rings. The highest BCUT2D eigenvalue weighted by molar-refractivity contribution is 6.01. The number of hydrogen-bond donors (Lipinski definition) is 2. The summed E-state index contributed by atoms with van der Waals surface area (Å²) in [5.74, 6) is 1.02. The van der Waals surface area contributed by atoms with Crippen molar-refractivity contribution in [2.75, 3.05) is 6.61 Å². The summed E-state index contributed by atoms with van der Waals surface area (Å²) >= 11 is 0. The predicted molar refractivity (Wildman–Crippen MR) is 89.0 cm³/mol. The molecule has 6 unspecified atom stereocenters. The van der Waals surface area contributed by atoms with Gasteiger partial charge in [-0.15, -0.1) is 0 Å². The van der Waals surface area contributed by atoms with Crippen LogP contribution in [0.15, 0.2) is 23.8 Å². The third-order valence-corrected chi connectivity index (χ3v) is 7.71. The normalized spacial score (nSPS) is 50.2. The molecule has 0 aromatic rings. The van der Waals surface area contributed by atoms with Gasteiger partial charge in [-0.05, 0) is 61.2 Å². The van der Waals surface area contributed by atoms with E-state index in [4.69, 9.17) is 0 Å². The molecule has 0 amide bonds. The lowest BCUT2D eigenvalue weighted by atomic mass is 9.46. The highest BCUT2D eigenvalue weighted by Crippen LogP contribution is 2.65. The molecule has 4 nitrogen and oxygen atoms in total. The first-order valence-corrected chi connectivity index (χ1v) is 9.07. The number of allylic oxidation sites excluding steroid dienone is 3. The van der Waals surface area contributed by atoms with E-state index in [0.29, 0.717) is 30.1 Å². The molecule has 3 saturated carbocycles. The van der Waals surface area contributed by atoms with E-state index in [-0.39, 0.29) is 29.6 Å². The SMILES string of the molecule is CC12C=CC(=O)C=C1C(O)(CO)CC1C2CCC2(C)C(=O)CCC12. The first-order valence-electron chi connectivity index (χ1n) is 9.07. The Morgan fingerprint density at radius 3 is 2.67 bits per heavy atom. The maximum absolute atomic E-state index is 12.5. The van der Waals surface area contributed by atoms with Crippen LogP contribution in [0.2, 0.25) is 0 Å². The van der Waals surface area contributed by atoms with Gasteiger partial charge in [0, 0.05) is 17.3 Å². The molecular formula is C20H26O4. The van der Waals surface area contributed by atoms with Crippen molar-refractivity contribution in [2.45, 2.75) is 51.6 Å². The van der Waals surface area contributed by atoms with Crippen LogP contribution in [-0.4, -0.2) is 34.0 Å². The summed E-state index contributed by atoms with van der Waals surface area (Å²) in [6, 6.07) is 0. The van der Waals surface area contributed by atoms with Gasteiger partial charge in [0.15, 0.2) is 5.78 Å². The minimum Gasteiger partial charge on any atom is -0.393 e. The average molecular weight is 330 g/mol. The van der Waals surface area contributed by atoms with Gasteiger partial charge in [0.2, 0.25) is 0 Å². The van der Waals surface area contributed by atoms with Crippen molar-refractivity contribution >= 4 is 11.6 Å². The van der Waals surface area contributed by atoms with Crippen LogP contribution in [0.4, 0.5) is 0 Å². The Morgan fingerprint density at radius 1 is 1.21 bits per heavy atom. The number of carbonyl (C=O) groups excluding carboxylic acids is 2. The Morgan fingerprint density at radius 2 is 1.96 bits per heavy atom. The molecule has 6 atom stereocenters. The Labute approximate surface area is 142 Å². The minimum absolute atomic E-state index is 0.121. The van der Waals surface area contributed by atoms with Crippen molar-refractivity contribution in [3.05, 3.63) is 23.8 Å². The van der Waals surface area contributed by atoms with Crippen LogP contribution in [-0.2, 0) is 9.59 Å². The molecule has 0 heterocycles. The van der Waals surface area contributed by atoms with E-state index in [2.05, 4.69) is 13.8 Å². The van der Waals surface area contributed by atoms with Gasteiger partial charge in [-0.25, -0.2) is 0 Å². The summed E-state index contributed by atoms with van der Waals surface area (Å²) < 4.78 is 0. The largest absolute Gasteiger partial charge is 0.393 e. The molecule has 0 aliphatic heterocycles. The van der Waals surface area contributed by atoms with Gasteiger partial charge in [0.1, 0.15) is 11.4 Å². The highest BCUT2D eigenvalue weighted by Gasteiger charge is 2.62. The molecule has 130 valence electrons. The number of rotatable bonds is 1. The predicted octanol–water partition coefficient (Wildman–Crippen LogP) is 2.20. The van der Waals surface area contributed by atoms with Gasteiger partial charge in [0.05, 0.1) is 6.61 Å². The lowest BCUT2D eigenvalue weighted by molar-refractivity contribution is -0.138. The van der Waals surface area contributed by atoms with E-state index < -0.39 is 11.0 Å². The molecular weight excluding hydrogens is 304 g/mol. The second kappa shape index (κ2) is 4.89. The zero-order valence-corrected chi connectivity index (χ0v) is 14.4. The Bertz CT molecular complexity index is 677. The van der Waals surface area contributed by atoms with Gasteiger partial charge >= 0.3 is 0 Å². The van der Waals surface area contributed by atoms with Crippen LogP contribution < -0.4 is 0 Å². The number of ketones is 2. The van der Waals surface area contributed by atoms with Crippen LogP contribution in [0, 0.1) is 28.6 Å². The Hall–Kier alpha value is -1.26. The Balaban J connectivity index is 1.82. The summed E-state index contributed by atoms with van der Waals surface area (Å²) in [5, 5.41) is 21.1. The Kier molecular flexibility index (Phi) is 3.30. The second-order valence-electron chi connectivity index (χ2n) is 8.77. The zero-order valence-electron chi connectivity index (χ0n) is 14.4. The zero-order chi connectivity index (χ0) is 17.3. The third kappa shape index (κ3) is 1.87. The number of hydrogen-bond acceptors (Lipinski definition) is 4.